The van der Waals surface area contributed by atoms with Gasteiger partial charge in [0, 0.05) is 6.92 Å². The van der Waals surface area contributed by atoms with E-state index in [0.717, 1.165) is 12.8 Å². The van der Waals surface area contributed by atoms with Crippen molar-refractivity contribution < 1.29 is 14.3 Å². The zero-order valence-electron chi connectivity index (χ0n) is 10.0. The van der Waals surface area contributed by atoms with Crippen molar-refractivity contribution >= 4 is 5.97 Å². The molecule has 1 fully saturated rings. The van der Waals surface area contributed by atoms with E-state index in [0.29, 0.717) is 6.61 Å². The molecule has 2 unspecified atom stereocenters. The molecule has 0 N–H and O–H groups in total. The van der Waals surface area contributed by atoms with Crippen LogP contribution in [0.4, 0.5) is 0 Å². The molecule has 3 heteroatoms. The molecule has 1 saturated heterocycles. The third-order valence-electron chi connectivity index (χ3n) is 2.58. The molecule has 2 atom stereocenters. The Morgan fingerprint density at radius 3 is 2.53 bits per heavy atom. The zero-order valence-corrected chi connectivity index (χ0v) is 10.0. The normalized spacial score (nSPS) is 22.8. The second kappa shape index (κ2) is 4.79. The van der Waals surface area contributed by atoms with Gasteiger partial charge in [-0.3, -0.25) is 4.79 Å². The van der Waals surface area contributed by atoms with Crippen LogP contribution < -0.4 is 0 Å². The van der Waals surface area contributed by atoms with Crippen LogP contribution in [0, 0.1) is 0 Å². The molecule has 3 nitrogen and oxygen atoms in total. The first-order chi connectivity index (χ1) is 6.94. The van der Waals surface area contributed by atoms with Crippen LogP contribution in [0.2, 0.25) is 0 Å². The molecule has 0 spiro atoms. The van der Waals surface area contributed by atoms with Crippen molar-refractivity contribution in [2.45, 2.75) is 52.2 Å². The maximum Gasteiger partial charge on any atom is 0.303 e. The van der Waals surface area contributed by atoms with Crippen LogP contribution in [0.1, 0.15) is 40.5 Å². The number of hydrogen-bond acceptors (Lipinski definition) is 3. The molecule has 0 aromatic carbocycles. The van der Waals surface area contributed by atoms with Crippen molar-refractivity contribution in [2.24, 2.45) is 0 Å². The number of esters is 1. The fraction of sp³-hybridized carbons (Fsp3) is 0.750. The molecule has 0 bridgehead atoms. The van der Waals surface area contributed by atoms with Gasteiger partial charge in [0.2, 0.25) is 0 Å². The summed E-state index contributed by atoms with van der Waals surface area (Å²) in [6.45, 7) is 8.23. The van der Waals surface area contributed by atoms with Gasteiger partial charge in [-0.2, -0.15) is 0 Å². The van der Waals surface area contributed by atoms with Crippen molar-refractivity contribution in [1.82, 2.24) is 0 Å². The Morgan fingerprint density at radius 2 is 2.13 bits per heavy atom. The zero-order chi connectivity index (χ0) is 11.5. The van der Waals surface area contributed by atoms with E-state index in [4.69, 9.17) is 9.47 Å². The summed E-state index contributed by atoms with van der Waals surface area (Å²) in [7, 11) is 0. The summed E-state index contributed by atoms with van der Waals surface area (Å²) < 4.78 is 10.6. The molecule has 1 aliphatic rings. The Labute approximate surface area is 91.4 Å². The van der Waals surface area contributed by atoms with Gasteiger partial charge in [0.15, 0.2) is 0 Å². The SMILES string of the molecule is CC(=O)OC(C)(CCC=C(C)C)C1CO1. The van der Waals surface area contributed by atoms with Gasteiger partial charge in [0.05, 0.1) is 6.61 Å². The van der Waals surface area contributed by atoms with Gasteiger partial charge in [-0.1, -0.05) is 11.6 Å². The van der Waals surface area contributed by atoms with Crippen LogP contribution in [0.5, 0.6) is 0 Å². The highest BCUT2D eigenvalue weighted by Crippen LogP contribution is 2.32. The van der Waals surface area contributed by atoms with E-state index >= 15 is 0 Å². The van der Waals surface area contributed by atoms with Gasteiger partial charge < -0.3 is 9.47 Å². The second-order valence-electron chi connectivity index (χ2n) is 4.55. The predicted octanol–water partition coefficient (Wildman–Crippen LogP) is 2.45. The fourth-order valence-electron chi connectivity index (χ4n) is 1.65. The summed E-state index contributed by atoms with van der Waals surface area (Å²) in [5, 5.41) is 0. The van der Waals surface area contributed by atoms with Crippen LogP contribution in [-0.4, -0.2) is 24.3 Å². The van der Waals surface area contributed by atoms with E-state index in [1.165, 1.54) is 12.5 Å². The van der Waals surface area contributed by atoms with Crippen molar-refractivity contribution in [3.05, 3.63) is 11.6 Å². The number of ether oxygens (including phenoxy) is 2. The van der Waals surface area contributed by atoms with Crippen LogP contribution in [0.15, 0.2) is 11.6 Å². The molecule has 1 heterocycles. The molecule has 0 aliphatic carbocycles. The Hall–Kier alpha value is -0.830. The van der Waals surface area contributed by atoms with E-state index in [1.807, 2.05) is 6.92 Å². The highest BCUT2D eigenvalue weighted by atomic mass is 16.6. The summed E-state index contributed by atoms with van der Waals surface area (Å²) in [6.07, 6.45) is 3.99. The van der Waals surface area contributed by atoms with E-state index in [9.17, 15) is 4.79 Å². The van der Waals surface area contributed by atoms with Crippen molar-refractivity contribution in [3.8, 4) is 0 Å². The second-order valence-corrected chi connectivity index (χ2v) is 4.55. The molecule has 1 rings (SSSR count). The van der Waals surface area contributed by atoms with Gasteiger partial charge in [-0.05, 0) is 33.6 Å². The van der Waals surface area contributed by atoms with Gasteiger partial charge in [0.25, 0.3) is 0 Å². The van der Waals surface area contributed by atoms with Gasteiger partial charge in [-0.25, -0.2) is 0 Å². The van der Waals surface area contributed by atoms with E-state index in [-0.39, 0.29) is 12.1 Å². The molecule has 1 aliphatic heterocycles. The average molecular weight is 212 g/mol. The van der Waals surface area contributed by atoms with Crippen LogP contribution in [-0.2, 0) is 14.3 Å². The summed E-state index contributed by atoms with van der Waals surface area (Å²) in [5.41, 5.74) is 0.842. The minimum atomic E-state index is -0.447. The quantitative estimate of drug-likeness (QED) is 0.399. The monoisotopic (exact) mass is 212 g/mol. The number of hydrogen-bond donors (Lipinski definition) is 0. The first-order valence-electron chi connectivity index (χ1n) is 5.38. The van der Waals surface area contributed by atoms with Crippen molar-refractivity contribution in [2.75, 3.05) is 6.61 Å². The molecule has 0 radical (unpaired) electrons. The molecule has 0 saturated carbocycles. The maximum absolute atomic E-state index is 11.0. The Bertz CT molecular complexity index is 262. The lowest BCUT2D eigenvalue weighted by atomic mass is 9.95. The smallest absolute Gasteiger partial charge is 0.303 e. The molecule has 15 heavy (non-hydrogen) atoms. The lowest BCUT2D eigenvalue weighted by Gasteiger charge is -2.26. The topological polar surface area (TPSA) is 38.8 Å². The standard InChI is InChI=1S/C12H20O3/c1-9(2)6-5-7-12(4,11-8-14-11)15-10(3)13/h6,11H,5,7-8H2,1-4H3. The van der Waals surface area contributed by atoms with E-state index in [2.05, 4.69) is 19.9 Å². The summed E-state index contributed by atoms with van der Waals surface area (Å²) in [4.78, 5) is 11.0. The highest BCUT2D eigenvalue weighted by Gasteiger charge is 2.45. The van der Waals surface area contributed by atoms with Crippen molar-refractivity contribution in [1.29, 1.82) is 0 Å². The van der Waals surface area contributed by atoms with Crippen molar-refractivity contribution in [3.63, 3.8) is 0 Å². The molecular weight excluding hydrogens is 192 g/mol. The fourth-order valence-corrected chi connectivity index (χ4v) is 1.65. The Kier molecular flexibility index (Phi) is 3.91. The molecule has 0 aromatic heterocycles. The summed E-state index contributed by atoms with van der Waals surface area (Å²) in [6, 6.07) is 0. The van der Waals surface area contributed by atoms with Gasteiger partial charge in [-0.15, -0.1) is 0 Å². The average Bonchev–Trinajstić information content (AvgIpc) is 2.82. The summed E-state index contributed by atoms with van der Waals surface area (Å²) >= 11 is 0. The third kappa shape index (κ3) is 4.04. The van der Waals surface area contributed by atoms with E-state index in [1.54, 1.807) is 0 Å². The minimum absolute atomic E-state index is 0.0898. The largest absolute Gasteiger partial charge is 0.457 e. The van der Waals surface area contributed by atoms with Crippen LogP contribution in [0.3, 0.4) is 0 Å². The predicted molar refractivity (Wildman–Crippen MR) is 58.6 cm³/mol. The van der Waals surface area contributed by atoms with Crippen LogP contribution >= 0.6 is 0 Å². The maximum atomic E-state index is 11.0. The number of rotatable bonds is 5. The third-order valence-corrected chi connectivity index (χ3v) is 2.58. The number of carbonyl (C=O) groups excluding carboxylic acids is 1. The molecule has 0 amide bonds. The Morgan fingerprint density at radius 1 is 1.53 bits per heavy atom. The Balaban J connectivity index is 2.49. The number of epoxide rings is 1. The van der Waals surface area contributed by atoms with Crippen LogP contribution in [0.25, 0.3) is 0 Å². The number of carbonyl (C=O) groups is 1. The lowest BCUT2D eigenvalue weighted by molar-refractivity contribution is -0.158. The summed E-state index contributed by atoms with van der Waals surface area (Å²) in [5.74, 6) is -0.231. The van der Waals surface area contributed by atoms with Gasteiger partial charge >= 0.3 is 5.97 Å². The molecule has 86 valence electrons. The molecular formula is C12H20O3. The molecule has 0 aromatic rings. The first-order valence-corrected chi connectivity index (χ1v) is 5.38. The number of allylic oxidation sites excluding steroid dienone is 2. The lowest BCUT2D eigenvalue weighted by Crippen LogP contribution is -2.36. The van der Waals surface area contributed by atoms with E-state index < -0.39 is 5.60 Å². The first kappa shape index (κ1) is 12.2. The van der Waals surface area contributed by atoms with Gasteiger partial charge in [0.1, 0.15) is 11.7 Å². The minimum Gasteiger partial charge on any atom is -0.457 e. The highest BCUT2D eigenvalue weighted by molar-refractivity contribution is 5.66.